The monoisotopic (exact) mass is 210 g/mol. The Morgan fingerprint density at radius 2 is 1.93 bits per heavy atom. The summed E-state index contributed by atoms with van der Waals surface area (Å²) in [6, 6.07) is 3.56. The maximum absolute atomic E-state index is 11.9. The van der Waals surface area contributed by atoms with Crippen LogP contribution in [-0.4, -0.2) is 40.2 Å². The molecule has 2 atom stereocenters. The molecule has 0 aliphatic rings. The first-order chi connectivity index (χ1) is 7.02. The summed E-state index contributed by atoms with van der Waals surface area (Å²) < 4.78 is 1.85. The highest BCUT2D eigenvalue weighted by molar-refractivity contribution is 5.79. The second-order valence-corrected chi connectivity index (χ2v) is 3.87. The molecule has 1 rings (SSSR count). The first-order valence-corrected chi connectivity index (χ1v) is 5.08. The van der Waals surface area contributed by atoms with Crippen molar-refractivity contribution in [1.82, 2.24) is 9.47 Å². The molecule has 0 saturated heterocycles. The van der Waals surface area contributed by atoms with Crippen LogP contribution in [-0.2, 0) is 4.79 Å². The van der Waals surface area contributed by atoms with E-state index in [0.717, 1.165) is 0 Å². The number of aliphatic hydroxyl groups is 1. The van der Waals surface area contributed by atoms with Crippen molar-refractivity contribution in [3.63, 3.8) is 0 Å². The van der Waals surface area contributed by atoms with Gasteiger partial charge < -0.3 is 14.6 Å². The molecule has 1 N–H and O–H groups in total. The second kappa shape index (κ2) is 4.98. The van der Waals surface area contributed by atoms with Gasteiger partial charge in [-0.15, -0.1) is 0 Å². The van der Waals surface area contributed by atoms with E-state index in [-0.39, 0.29) is 11.9 Å². The lowest BCUT2D eigenvalue weighted by atomic mass is 10.2. The number of hydrogen-bond donors (Lipinski definition) is 1. The minimum atomic E-state index is -0.490. The van der Waals surface area contributed by atoms with Crippen molar-refractivity contribution in [2.24, 2.45) is 0 Å². The number of likely N-dealkylation sites (N-methyl/N-ethyl adjacent to an activating group) is 1. The van der Waals surface area contributed by atoms with Crippen molar-refractivity contribution < 1.29 is 9.90 Å². The molecule has 0 bridgehead atoms. The van der Waals surface area contributed by atoms with Gasteiger partial charge in [0.2, 0.25) is 5.91 Å². The van der Waals surface area contributed by atoms with E-state index in [1.807, 2.05) is 36.0 Å². The van der Waals surface area contributed by atoms with E-state index in [1.54, 1.807) is 18.9 Å². The molecule has 84 valence electrons. The van der Waals surface area contributed by atoms with Gasteiger partial charge in [-0.25, -0.2) is 0 Å². The third-order valence-corrected chi connectivity index (χ3v) is 2.35. The fourth-order valence-electron chi connectivity index (χ4n) is 1.54. The average molecular weight is 210 g/mol. The van der Waals surface area contributed by atoms with Crippen LogP contribution in [0.3, 0.4) is 0 Å². The number of aliphatic hydroxyl groups excluding tert-OH is 1. The largest absolute Gasteiger partial charge is 0.392 e. The maximum atomic E-state index is 11.9. The van der Waals surface area contributed by atoms with Crippen molar-refractivity contribution in [2.75, 3.05) is 13.6 Å². The quantitative estimate of drug-likeness (QED) is 0.802. The van der Waals surface area contributed by atoms with Crippen molar-refractivity contribution in [3.05, 3.63) is 24.5 Å². The van der Waals surface area contributed by atoms with E-state index in [2.05, 4.69) is 0 Å². The van der Waals surface area contributed by atoms with Crippen LogP contribution in [0.15, 0.2) is 24.5 Å². The molecule has 0 unspecified atom stereocenters. The van der Waals surface area contributed by atoms with E-state index in [1.165, 1.54) is 0 Å². The van der Waals surface area contributed by atoms with Crippen molar-refractivity contribution in [1.29, 1.82) is 0 Å². The predicted molar refractivity (Wildman–Crippen MR) is 58.5 cm³/mol. The smallest absolute Gasteiger partial charge is 0.245 e. The lowest BCUT2D eigenvalue weighted by molar-refractivity contribution is -0.134. The Morgan fingerprint density at radius 1 is 1.40 bits per heavy atom. The van der Waals surface area contributed by atoms with Crippen molar-refractivity contribution in [2.45, 2.75) is 26.0 Å². The third-order valence-electron chi connectivity index (χ3n) is 2.35. The van der Waals surface area contributed by atoms with Gasteiger partial charge in [-0.2, -0.15) is 0 Å². The summed E-state index contributed by atoms with van der Waals surface area (Å²) >= 11 is 0. The molecule has 0 aromatic carbocycles. The molecule has 0 aliphatic carbocycles. The van der Waals surface area contributed by atoms with E-state index in [9.17, 15) is 9.90 Å². The second-order valence-electron chi connectivity index (χ2n) is 3.87. The molecule has 0 radical (unpaired) electrons. The van der Waals surface area contributed by atoms with Gasteiger partial charge >= 0.3 is 0 Å². The standard InChI is InChI=1S/C11H18N2O2/c1-9(14)8-12(3)11(15)10(2)13-6-4-5-7-13/h4-7,9-10,14H,8H2,1-3H3/t9-,10+/m1/s1. The van der Waals surface area contributed by atoms with Crippen LogP contribution in [0.5, 0.6) is 0 Å². The third kappa shape index (κ3) is 3.09. The summed E-state index contributed by atoms with van der Waals surface area (Å²) in [7, 11) is 1.70. The van der Waals surface area contributed by atoms with E-state index < -0.39 is 6.10 Å². The van der Waals surface area contributed by atoms with E-state index in [4.69, 9.17) is 0 Å². The fourth-order valence-corrected chi connectivity index (χ4v) is 1.54. The topological polar surface area (TPSA) is 45.5 Å². The number of carbonyl (C=O) groups is 1. The SMILES string of the molecule is C[C@@H](O)CN(C)C(=O)[C@H](C)n1cccc1. The van der Waals surface area contributed by atoms with Crippen LogP contribution in [0.1, 0.15) is 19.9 Å². The van der Waals surface area contributed by atoms with Crippen LogP contribution in [0.2, 0.25) is 0 Å². The lowest BCUT2D eigenvalue weighted by Gasteiger charge is -2.23. The van der Waals surface area contributed by atoms with Gasteiger partial charge in [0.25, 0.3) is 0 Å². The summed E-state index contributed by atoms with van der Waals surface area (Å²) in [6.07, 6.45) is 3.23. The van der Waals surface area contributed by atoms with Crippen LogP contribution >= 0.6 is 0 Å². The molecule has 4 heteroatoms. The molecule has 4 nitrogen and oxygen atoms in total. The highest BCUT2D eigenvalue weighted by Gasteiger charge is 2.18. The highest BCUT2D eigenvalue weighted by atomic mass is 16.3. The Kier molecular flexibility index (Phi) is 3.91. The van der Waals surface area contributed by atoms with Gasteiger partial charge in [0.05, 0.1) is 6.10 Å². The number of nitrogens with zero attached hydrogens (tertiary/aromatic N) is 2. The molecule has 15 heavy (non-hydrogen) atoms. The number of amides is 1. The fraction of sp³-hybridized carbons (Fsp3) is 0.545. The molecule has 0 fully saturated rings. The highest BCUT2D eigenvalue weighted by Crippen LogP contribution is 2.09. The zero-order chi connectivity index (χ0) is 11.4. The lowest BCUT2D eigenvalue weighted by Crippen LogP contribution is -2.37. The van der Waals surface area contributed by atoms with E-state index in [0.29, 0.717) is 6.54 Å². The van der Waals surface area contributed by atoms with Gasteiger partial charge in [0.15, 0.2) is 0 Å². The van der Waals surface area contributed by atoms with Gasteiger partial charge in [-0.05, 0) is 26.0 Å². The van der Waals surface area contributed by atoms with E-state index >= 15 is 0 Å². The zero-order valence-corrected chi connectivity index (χ0v) is 9.42. The van der Waals surface area contributed by atoms with Gasteiger partial charge in [-0.1, -0.05) is 0 Å². The summed E-state index contributed by atoms with van der Waals surface area (Å²) in [5, 5.41) is 9.18. The molecular formula is C11H18N2O2. The Bertz CT molecular complexity index is 306. The molecule has 1 heterocycles. The minimum absolute atomic E-state index is 0.00657. The van der Waals surface area contributed by atoms with Gasteiger partial charge in [0, 0.05) is 26.0 Å². The minimum Gasteiger partial charge on any atom is -0.392 e. The zero-order valence-electron chi connectivity index (χ0n) is 9.42. The molecule has 1 aromatic heterocycles. The number of hydrogen-bond acceptors (Lipinski definition) is 2. The van der Waals surface area contributed by atoms with Gasteiger partial charge in [-0.3, -0.25) is 4.79 Å². The van der Waals surface area contributed by atoms with Crippen LogP contribution in [0, 0.1) is 0 Å². The van der Waals surface area contributed by atoms with Crippen molar-refractivity contribution in [3.8, 4) is 0 Å². The summed E-state index contributed by atoms with van der Waals surface area (Å²) in [6.45, 7) is 3.88. The molecule has 1 amide bonds. The molecule has 0 aliphatic heterocycles. The Hall–Kier alpha value is -1.29. The molecule has 0 saturated carbocycles. The normalized spacial score (nSPS) is 14.7. The maximum Gasteiger partial charge on any atom is 0.245 e. The van der Waals surface area contributed by atoms with Crippen LogP contribution in [0.4, 0.5) is 0 Å². The first-order valence-electron chi connectivity index (χ1n) is 5.08. The van der Waals surface area contributed by atoms with Crippen LogP contribution < -0.4 is 0 Å². The number of rotatable bonds is 4. The summed E-state index contributed by atoms with van der Waals surface area (Å²) in [4.78, 5) is 13.4. The van der Waals surface area contributed by atoms with Crippen molar-refractivity contribution >= 4 is 5.91 Å². The van der Waals surface area contributed by atoms with Gasteiger partial charge in [0.1, 0.15) is 6.04 Å². The first kappa shape index (κ1) is 11.8. The molecular weight excluding hydrogens is 192 g/mol. The Balaban J connectivity index is 2.60. The average Bonchev–Trinajstić information content (AvgIpc) is 2.67. The van der Waals surface area contributed by atoms with Crippen LogP contribution in [0.25, 0.3) is 0 Å². The Morgan fingerprint density at radius 3 is 2.40 bits per heavy atom. The number of aromatic nitrogens is 1. The predicted octanol–water partition coefficient (Wildman–Crippen LogP) is 0.888. The number of carbonyl (C=O) groups excluding carboxylic acids is 1. The summed E-state index contributed by atoms with van der Waals surface area (Å²) in [5.41, 5.74) is 0. The summed E-state index contributed by atoms with van der Waals surface area (Å²) in [5.74, 6) is 0.00657. The Labute approximate surface area is 90.1 Å². The molecule has 1 aromatic rings. The molecule has 0 spiro atoms.